The smallest absolute Gasteiger partial charge is 0.274 e. The molecule has 3 aromatic rings. The second-order valence-electron chi connectivity index (χ2n) is 7.27. The van der Waals surface area contributed by atoms with Crippen LogP contribution in [0.25, 0.3) is 0 Å². The van der Waals surface area contributed by atoms with Crippen molar-refractivity contribution in [2.75, 3.05) is 5.32 Å². The van der Waals surface area contributed by atoms with Crippen LogP contribution in [0, 0.1) is 11.6 Å². The molecule has 0 aliphatic carbocycles. The largest absolute Gasteiger partial charge is 0.367 e. The van der Waals surface area contributed by atoms with E-state index in [0.717, 1.165) is 12.4 Å². The van der Waals surface area contributed by atoms with Crippen molar-refractivity contribution < 1.29 is 18.3 Å². The molecular weight excluding hydrogens is 398 g/mol. The number of carbonyl (C=O) groups excluding carboxylic acids is 1. The van der Waals surface area contributed by atoms with E-state index in [1.807, 2.05) is 33.1 Å². The van der Waals surface area contributed by atoms with Crippen molar-refractivity contribution in [2.45, 2.75) is 45.9 Å². The maximum atomic E-state index is 13.9. The molecule has 3 heterocycles. The van der Waals surface area contributed by atoms with Crippen LogP contribution in [0.15, 0.2) is 36.1 Å². The number of pyridine rings is 1. The van der Waals surface area contributed by atoms with Crippen LogP contribution in [-0.2, 0) is 16.9 Å². The normalized spacial score (nSPS) is 11.8. The van der Waals surface area contributed by atoms with Crippen LogP contribution in [0.4, 0.5) is 13.9 Å². The monoisotopic (exact) mass is 420 g/mol. The molecule has 0 saturated carbocycles. The van der Waals surface area contributed by atoms with E-state index in [1.165, 1.54) is 15.9 Å². The third-order valence-electron chi connectivity index (χ3n) is 4.21. The van der Waals surface area contributed by atoms with Crippen LogP contribution < -0.4 is 5.32 Å². The molecule has 6 nitrogen and oxygen atoms in total. The Labute approximate surface area is 171 Å². The fourth-order valence-electron chi connectivity index (χ4n) is 2.94. The standard InChI is InChI=1S/C20H22F2N4O2S/c1-12(2)28-20(3,4)17-11-29-19(24-17)25-18(27)16-6-5-7-26(16)10-13-14(21)8-23-9-15(13)22/h5-9,11-12H,10H2,1-4H3,(H,24,25,27). The summed E-state index contributed by atoms with van der Waals surface area (Å²) in [6.45, 7) is 7.58. The summed E-state index contributed by atoms with van der Waals surface area (Å²) in [5, 5.41) is 4.99. The highest BCUT2D eigenvalue weighted by Crippen LogP contribution is 2.29. The van der Waals surface area contributed by atoms with Crippen molar-refractivity contribution in [2.24, 2.45) is 0 Å². The van der Waals surface area contributed by atoms with Crippen LogP contribution >= 0.6 is 11.3 Å². The van der Waals surface area contributed by atoms with Crippen LogP contribution in [-0.4, -0.2) is 26.5 Å². The van der Waals surface area contributed by atoms with Gasteiger partial charge in [-0.1, -0.05) is 0 Å². The molecule has 3 rings (SSSR count). The van der Waals surface area contributed by atoms with Gasteiger partial charge in [0.15, 0.2) is 5.13 Å². The molecule has 0 unspecified atom stereocenters. The van der Waals surface area contributed by atoms with Crippen molar-refractivity contribution in [3.8, 4) is 0 Å². The molecule has 0 bridgehead atoms. The molecule has 0 aromatic carbocycles. The average Bonchev–Trinajstić information content (AvgIpc) is 3.26. The van der Waals surface area contributed by atoms with Gasteiger partial charge in [-0.15, -0.1) is 11.3 Å². The Morgan fingerprint density at radius 1 is 1.31 bits per heavy atom. The lowest BCUT2D eigenvalue weighted by atomic mass is 10.1. The highest BCUT2D eigenvalue weighted by atomic mass is 32.1. The molecule has 0 radical (unpaired) electrons. The van der Waals surface area contributed by atoms with E-state index in [2.05, 4.69) is 15.3 Å². The second kappa shape index (κ2) is 8.38. The minimum Gasteiger partial charge on any atom is -0.367 e. The first kappa shape index (κ1) is 21.1. The molecule has 1 amide bonds. The molecular formula is C20H22F2N4O2S. The lowest BCUT2D eigenvalue weighted by Gasteiger charge is -2.25. The maximum absolute atomic E-state index is 13.9. The van der Waals surface area contributed by atoms with Crippen molar-refractivity contribution in [3.05, 3.63) is 64.7 Å². The zero-order valence-electron chi connectivity index (χ0n) is 16.6. The number of carbonyl (C=O) groups is 1. The summed E-state index contributed by atoms with van der Waals surface area (Å²) in [5.41, 5.74) is 0.219. The number of thiazole rings is 1. The van der Waals surface area contributed by atoms with Gasteiger partial charge in [-0.25, -0.2) is 13.8 Å². The Morgan fingerprint density at radius 3 is 2.66 bits per heavy atom. The number of hydrogen-bond acceptors (Lipinski definition) is 5. The van der Waals surface area contributed by atoms with E-state index in [9.17, 15) is 13.6 Å². The first-order valence-corrected chi connectivity index (χ1v) is 9.93. The van der Waals surface area contributed by atoms with E-state index in [-0.39, 0.29) is 23.9 Å². The van der Waals surface area contributed by atoms with E-state index in [1.54, 1.807) is 18.3 Å². The van der Waals surface area contributed by atoms with E-state index in [4.69, 9.17) is 4.74 Å². The molecule has 29 heavy (non-hydrogen) atoms. The Balaban J connectivity index is 1.76. The minimum absolute atomic E-state index is 0.0296. The summed E-state index contributed by atoms with van der Waals surface area (Å²) in [6.07, 6.45) is 3.50. The van der Waals surface area contributed by atoms with Crippen molar-refractivity contribution >= 4 is 22.4 Å². The molecule has 3 aromatic heterocycles. The van der Waals surface area contributed by atoms with Gasteiger partial charge in [0.05, 0.1) is 30.7 Å². The van der Waals surface area contributed by atoms with Gasteiger partial charge in [-0.3, -0.25) is 15.1 Å². The highest BCUT2D eigenvalue weighted by Gasteiger charge is 2.26. The summed E-state index contributed by atoms with van der Waals surface area (Å²) in [5.74, 6) is -1.95. The molecule has 0 spiro atoms. The highest BCUT2D eigenvalue weighted by molar-refractivity contribution is 7.14. The molecule has 1 N–H and O–H groups in total. The van der Waals surface area contributed by atoms with Crippen LogP contribution in [0.5, 0.6) is 0 Å². The van der Waals surface area contributed by atoms with Gasteiger partial charge in [-0.05, 0) is 39.8 Å². The SMILES string of the molecule is CC(C)OC(C)(C)c1csc(NC(=O)c2cccn2Cc2c(F)cncc2F)n1. The summed E-state index contributed by atoms with van der Waals surface area (Å²) in [7, 11) is 0. The van der Waals surface area contributed by atoms with Crippen LogP contribution in [0.1, 0.15) is 49.4 Å². The number of ether oxygens (including phenoxy) is 1. The maximum Gasteiger partial charge on any atom is 0.274 e. The number of nitrogens with one attached hydrogen (secondary N) is 1. The first-order valence-electron chi connectivity index (χ1n) is 9.05. The van der Waals surface area contributed by atoms with Gasteiger partial charge < -0.3 is 9.30 Å². The number of rotatable bonds is 7. The predicted octanol–water partition coefficient (Wildman–Crippen LogP) is 4.58. The Morgan fingerprint density at radius 2 is 2.00 bits per heavy atom. The Kier molecular flexibility index (Phi) is 6.09. The van der Waals surface area contributed by atoms with Gasteiger partial charge in [0.1, 0.15) is 22.9 Å². The molecule has 0 saturated heterocycles. The zero-order valence-corrected chi connectivity index (χ0v) is 17.4. The third-order valence-corrected chi connectivity index (χ3v) is 4.97. The second-order valence-corrected chi connectivity index (χ2v) is 8.13. The number of halogens is 2. The van der Waals surface area contributed by atoms with Crippen molar-refractivity contribution in [3.63, 3.8) is 0 Å². The van der Waals surface area contributed by atoms with E-state index >= 15 is 0 Å². The lowest BCUT2D eigenvalue weighted by Crippen LogP contribution is -2.26. The predicted molar refractivity (Wildman–Crippen MR) is 107 cm³/mol. The quantitative estimate of drug-likeness (QED) is 0.608. The number of aromatic nitrogens is 3. The zero-order chi connectivity index (χ0) is 21.2. The van der Waals surface area contributed by atoms with Crippen LogP contribution in [0.2, 0.25) is 0 Å². The number of anilines is 1. The van der Waals surface area contributed by atoms with Gasteiger partial charge in [0, 0.05) is 17.1 Å². The molecule has 0 aliphatic heterocycles. The van der Waals surface area contributed by atoms with Crippen molar-refractivity contribution in [1.82, 2.24) is 14.5 Å². The summed E-state index contributed by atoms with van der Waals surface area (Å²) >= 11 is 1.28. The summed E-state index contributed by atoms with van der Waals surface area (Å²) < 4.78 is 35.1. The van der Waals surface area contributed by atoms with Crippen molar-refractivity contribution in [1.29, 1.82) is 0 Å². The fraction of sp³-hybridized carbons (Fsp3) is 0.350. The average molecular weight is 420 g/mol. The van der Waals surface area contributed by atoms with E-state index < -0.39 is 23.1 Å². The lowest BCUT2D eigenvalue weighted by molar-refractivity contribution is -0.0623. The molecule has 9 heteroatoms. The Hall–Kier alpha value is -2.65. The number of amides is 1. The summed E-state index contributed by atoms with van der Waals surface area (Å²) in [6, 6.07) is 3.21. The minimum atomic E-state index is -0.762. The topological polar surface area (TPSA) is 69.0 Å². The first-order chi connectivity index (χ1) is 13.7. The molecule has 0 atom stereocenters. The summed E-state index contributed by atoms with van der Waals surface area (Å²) in [4.78, 5) is 20.6. The van der Waals surface area contributed by atoms with Crippen LogP contribution in [0.3, 0.4) is 0 Å². The van der Waals surface area contributed by atoms with Gasteiger partial charge in [-0.2, -0.15) is 0 Å². The number of hydrogen-bond donors (Lipinski definition) is 1. The molecule has 154 valence electrons. The van der Waals surface area contributed by atoms with Gasteiger partial charge >= 0.3 is 0 Å². The fourth-order valence-corrected chi connectivity index (χ4v) is 3.80. The van der Waals surface area contributed by atoms with Gasteiger partial charge in [0.2, 0.25) is 0 Å². The number of nitrogens with zero attached hydrogens (tertiary/aromatic N) is 3. The molecule has 0 aliphatic rings. The third kappa shape index (κ3) is 4.86. The Bertz CT molecular complexity index is 993. The molecule has 0 fully saturated rings. The van der Waals surface area contributed by atoms with E-state index in [0.29, 0.717) is 10.8 Å². The van der Waals surface area contributed by atoms with Gasteiger partial charge in [0.25, 0.3) is 5.91 Å².